The van der Waals surface area contributed by atoms with Gasteiger partial charge in [0.2, 0.25) is 6.41 Å². The fraction of sp³-hybridized carbons (Fsp3) is 0.727. The Hall–Kier alpha value is -1.47. The summed E-state index contributed by atoms with van der Waals surface area (Å²) in [7, 11) is 1.96. The van der Waals surface area contributed by atoms with Gasteiger partial charge >= 0.3 is 11.8 Å². The molecule has 0 aliphatic carbocycles. The van der Waals surface area contributed by atoms with Crippen LogP contribution in [-0.4, -0.2) is 79.2 Å². The maximum Gasteiger partial charge on any atom is 0.318 e. The van der Waals surface area contributed by atoms with Crippen LogP contribution in [0.4, 0.5) is 0 Å². The predicted octanol–water partition coefficient (Wildman–Crippen LogP) is -1.91. The highest BCUT2D eigenvalue weighted by Gasteiger charge is 2.28. The van der Waals surface area contributed by atoms with Crippen LogP contribution in [0.3, 0.4) is 0 Å². The first-order chi connectivity index (χ1) is 8.60. The lowest BCUT2D eigenvalue weighted by Crippen LogP contribution is -2.52. The minimum atomic E-state index is -0.761. The van der Waals surface area contributed by atoms with Gasteiger partial charge in [-0.3, -0.25) is 19.3 Å². The summed E-state index contributed by atoms with van der Waals surface area (Å²) in [6, 6.07) is 0. The summed E-state index contributed by atoms with van der Waals surface area (Å²) in [4.78, 5) is 38.9. The van der Waals surface area contributed by atoms with Crippen LogP contribution in [0.15, 0.2) is 0 Å². The number of hydrogen-bond donors (Lipinski definition) is 1. The highest BCUT2D eigenvalue weighted by molar-refractivity contribution is 6.36. The Bertz CT molecular complexity index is 313. The normalized spacial score (nSPS) is 16.4. The Morgan fingerprint density at radius 1 is 1.28 bits per heavy atom. The molecule has 0 aromatic rings. The topological polar surface area (TPSA) is 87.0 Å². The van der Waals surface area contributed by atoms with Crippen LogP contribution < -0.4 is 5.73 Å². The summed E-state index contributed by atoms with van der Waals surface area (Å²) in [5.74, 6) is -1.37. The van der Waals surface area contributed by atoms with Crippen molar-refractivity contribution in [3.8, 4) is 0 Å². The van der Waals surface area contributed by atoms with Crippen molar-refractivity contribution < 1.29 is 14.4 Å². The molecule has 0 unspecified atom stereocenters. The van der Waals surface area contributed by atoms with Gasteiger partial charge in [0, 0.05) is 32.7 Å². The number of piperazine rings is 1. The van der Waals surface area contributed by atoms with E-state index in [0.29, 0.717) is 32.5 Å². The summed E-state index contributed by atoms with van der Waals surface area (Å²) in [6.45, 7) is 3.08. The highest BCUT2D eigenvalue weighted by Crippen LogP contribution is 2.02. The van der Waals surface area contributed by atoms with Gasteiger partial charge < -0.3 is 15.5 Å². The molecule has 7 heteroatoms. The van der Waals surface area contributed by atoms with Crippen molar-refractivity contribution in [3.63, 3.8) is 0 Å². The Balaban J connectivity index is 2.53. The summed E-state index contributed by atoms with van der Waals surface area (Å²) < 4.78 is 0. The largest absolute Gasteiger partial charge is 0.332 e. The summed E-state index contributed by atoms with van der Waals surface area (Å²) in [6.07, 6.45) is 0.895. The van der Waals surface area contributed by atoms with E-state index >= 15 is 0 Å². The second-order valence-electron chi connectivity index (χ2n) is 4.34. The summed E-state index contributed by atoms with van der Waals surface area (Å²) >= 11 is 0. The van der Waals surface area contributed by atoms with E-state index in [1.165, 1.54) is 4.90 Å². The lowest BCUT2D eigenvalue weighted by Gasteiger charge is -2.32. The number of likely N-dealkylation sites (N-methyl/N-ethyl adjacent to an activating group) is 1. The number of rotatable bonds is 4. The maximum absolute atomic E-state index is 11.9. The van der Waals surface area contributed by atoms with E-state index in [0.717, 1.165) is 18.0 Å². The minimum Gasteiger partial charge on any atom is -0.332 e. The monoisotopic (exact) mass is 256 g/mol. The van der Waals surface area contributed by atoms with E-state index in [-0.39, 0.29) is 6.54 Å². The van der Waals surface area contributed by atoms with Crippen molar-refractivity contribution in [3.05, 3.63) is 0 Å². The first kappa shape index (κ1) is 14.6. The highest BCUT2D eigenvalue weighted by atomic mass is 16.2. The average molecular weight is 256 g/mol. The zero-order chi connectivity index (χ0) is 13.5. The fourth-order valence-electron chi connectivity index (χ4n) is 1.73. The molecule has 2 N–H and O–H groups in total. The third-order valence-electron chi connectivity index (χ3n) is 2.96. The van der Waals surface area contributed by atoms with E-state index in [4.69, 9.17) is 5.73 Å². The maximum atomic E-state index is 11.9. The number of hydrogen-bond acceptors (Lipinski definition) is 5. The lowest BCUT2D eigenvalue weighted by atomic mass is 10.3. The minimum absolute atomic E-state index is 0.193. The Morgan fingerprint density at radius 3 is 2.39 bits per heavy atom. The molecule has 0 spiro atoms. The number of nitrogens with two attached hydrogens (primary N) is 1. The molecule has 0 radical (unpaired) electrons. The summed E-state index contributed by atoms with van der Waals surface area (Å²) in [5.41, 5.74) is 5.31. The van der Waals surface area contributed by atoms with Gasteiger partial charge in [-0.05, 0) is 20.0 Å². The average Bonchev–Trinajstić information content (AvgIpc) is 2.39. The van der Waals surface area contributed by atoms with Gasteiger partial charge in [0.15, 0.2) is 0 Å². The van der Waals surface area contributed by atoms with Gasteiger partial charge in [-0.25, -0.2) is 0 Å². The molecule has 0 atom stereocenters. The third-order valence-corrected chi connectivity index (χ3v) is 2.96. The zero-order valence-corrected chi connectivity index (χ0v) is 10.7. The molecule has 0 bridgehead atoms. The van der Waals surface area contributed by atoms with E-state index in [1.807, 2.05) is 7.05 Å². The fourth-order valence-corrected chi connectivity index (χ4v) is 1.73. The van der Waals surface area contributed by atoms with Crippen molar-refractivity contribution in [2.75, 3.05) is 46.3 Å². The van der Waals surface area contributed by atoms with Crippen molar-refractivity contribution in [1.82, 2.24) is 14.7 Å². The molecule has 1 fully saturated rings. The van der Waals surface area contributed by atoms with E-state index in [9.17, 15) is 14.4 Å². The molecule has 0 saturated carbocycles. The van der Waals surface area contributed by atoms with Crippen LogP contribution in [-0.2, 0) is 14.4 Å². The second kappa shape index (κ2) is 7.07. The van der Waals surface area contributed by atoms with Gasteiger partial charge in [0.05, 0.1) is 0 Å². The molecule has 1 saturated heterocycles. The molecule has 1 heterocycles. The van der Waals surface area contributed by atoms with Gasteiger partial charge in [0.1, 0.15) is 0 Å². The van der Waals surface area contributed by atoms with Crippen molar-refractivity contribution in [2.45, 2.75) is 6.42 Å². The third kappa shape index (κ3) is 3.78. The smallest absolute Gasteiger partial charge is 0.318 e. The van der Waals surface area contributed by atoms with Crippen molar-refractivity contribution >= 4 is 18.2 Å². The standard InChI is InChI=1S/C11H20N4O3/c1-13-5-7-14(8-6-13)10(17)11(18)15(9-16)4-2-3-12/h9H,2-8,12H2,1H3. The van der Waals surface area contributed by atoms with E-state index < -0.39 is 11.8 Å². The molecule has 102 valence electrons. The van der Waals surface area contributed by atoms with Crippen LogP contribution in [0.25, 0.3) is 0 Å². The molecule has 1 aliphatic rings. The van der Waals surface area contributed by atoms with E-state index in [1.54, 1.807) is 0 Å². The van der Waals surface area contributed by atoms with Crippen LogP contribution in [0.1, 0.15) is 6.42 Å². The second-order valence-corrected chi connectivity index (χ2v) is 4.34. The molecule has 7 nitrogen and oxygen atoms in total. The zero-order valence-electron chi connectivity index (χ0n) is 10.7. The Labute approximate surface area is 106 Å². The number of carbonyl (C=O) groups is 3. The number of carbonyl (C=O) groups excluding carboxylic acids is 3. The molecule has 1 rings (SSSR count). The Morgan fingerprint density at radius 2 is 1.89 bits per heavy atom. The van der Waals surface area contributed by atoms with Gasteiger partial charge in [-0.1, -0.05) is 0 Å². The van der Waals surface area contributed by atoms with Gasteiger partial charge in [0.25, 0.3) is 0 Å². The lowest BCUT2D eigenvalue weighted by molar-refractivity contribution is -0.154. The van der Waals surface area contributed by atoms with E-state index in [2.05, 4.69) is 4.90 Å². The number of amides is 3. The van der Waals surface area contributed by atoms with Crippen molar-refractivity contribution in [1.29, 1.82) is 0 Å². The Kier molecular flexibility index (Phi) is 5.73. The molecular weight excluding hydrogens is 236 g/mol. The first-order valence-corrected chi connectivity index (χ1v) is 6.04. The quantitative estimate of drug-likeness (QED) is 0.469. The number of imide groups is 1. The van der Waals surface area contributed by atoms with Crippen molar-refractivity contribution in [2.24, 2.45) is 5.73 Å². The molecule has 0 aromatic carbocycles. The summed E-state index contributed by atoms with van der Waals surface area (Å²) in [5, 5.41) is 0. The van der Waals surface area contributed by atoms with Crippen LogP contribution in [0.5, 0.6) is 0 Å². The van der Waals surface area contributed by atoms with Gasteiger partial charge in [-0.15, -0.1) is 0 Å². The molecule has 18 heavy (non-hydrogen) atoms. The van der Waals surface area contributed by atoms with Crippen LogP contribution >= 0.6 is 0 Å². The predicted molar refractivity (Wildman–Crippen MR) is 65.5 cm³/mol. The molecule has 1 aliphatic heterocycles. The SMILES string of the molecule is CN1CCN(C(=O)C(=O)N(C=O)CCCN)CC1. The van der Waals surface area contributed by atoms with Crippen LogP contribution in [0, 0.1) is 0 Å². The molecule has 0 aromatic heterocycles. The van der Waals surface area contributed by atoms with Crippen LogP contribution in [0.2, 0.25) is 0 Å². The molecular formula is C11H20N4O3. The van der Waals surface area contributed by atoms with Gasteiger partial charge in [-0.2, -0.15) is 0 Å². The number of nitrogens with zero attached hydrogens (tertiary/aromatic N) is 3. The molecule has 3 amide bonds. The first-order valence-electron chi connectivity index (χ1n) is 6.04.